The maximum Gasteiger partial charge on any atom is 0.398 e. The molecule has 0 radical (unpaired) electrons. The molecule has 0 aromatic heterocycles. The quantitative estimate of drug-likeness (QED) is 0.581. The summed E-state index contributed by atoms with van der Waals surface area (Å²) in [4.78, 5) is 28.8. The first kappa shape index (κ1) is 19.5. The van der Waals surface area contributed by atoms with Gasteiger partial charge in [0.25, 0.3) is 0 Å². The molecule has 20 heavy (non-hydrogen) atoms. The predicted octanol–water partition coefficient (Wildman–Crippen LogP) is 3.01. The molecule has 0 aromatic rings. The van der Waals surface area contributed by atoms with Gasteiger partial charge in [0.2, 0.25) is 0 Å². The molecule has 120 valence electrons. The van der Waals surface area contributed by atoms with Gasteiger partial charge in [-0.1, -0.05) is 34.6 Å². The lowest BCUT2D eigenvalue weighted by molar-refractivity contribution is -0.158. The lowest BCUT2D eigenvalue weighted by Gasteiger charge is -2.28. The lowest BCUT2D eigenvalue weighted by atomic mass is 9.80. The van der Waals surface area contributed by atoms with Gasteiger partial charge >= 0.3 is 19.2 Å². The van der Waals surface area contributed by atoms with E-state index in [1.54, 1.807) is 13.8 Å². The fourth-order valence-corrected chi connectivity index (χ4v) is 1.83. The first-order valence-electron chi connectivity index (χ1n) is 6.27. The average molecular weight is 316 g/mol. The molecule has 0 aliphatic rings. The Hall–Kier alpha value is -0.520. The highest BCUT2D eigenvalue weighted by molar-refractivity contribution is 7.53. The Bertz CT molecular complexity index is 384. The van der Waals surface area contributed by atoms with Crippen LogP contribution in [0.1, 0.15) is 41.0 Å². The van der Waals surface area contributed by atoms with Gasteiger partial charge in [0.1, 0.15) is 0 Å². The second kappa shape index (κ2) is 6.50. The van der Waals surface area contributed by atoms with Crippen LogP contribution in [0.2, 0.25) is 0 Å². The summed E-state index contributed by atoms with van der Waals surface area (Å²) in [6.07, 6.45) is 0.435. The SMILES string of the molecule is CC(C)C(CC(C)(C)C)C(=O)OCC(F)(F)P(=O)(O)O. The summed E-state index contributed by atoms with van der Waals surface area (Å²) in [5, 5.41) is 0. The first-order chi connectivity index (χ1) is 8.67. The molecule has 8 heteroatoms. The van der Waals surface area contributed by atoms with E-state index in [-0.39, 0.29) is 11.3 Å². The average Bonchev–Trinajstić information content (AvgIpc) is 2.19. The Labute approximate surface area is 117 Å². The minimum Gasteiger partial charge on any atom is -0.458 e. The van der Waals surface area contributed by atoms with Crippen molar-refractivity contribution in [2.75, 3.05) is 6.61 Å². The monoisotopic (exact) mass is 316 g/mol. The maximum absolute atomic E-state index is 13.1. The Morgan fingerprint density at radius 2 is 1.70 bits per heavy atom. The summed E-state index contributed by atoms with van der Waals surface area (Å²) < 4.78 is 41.1. The summed E-state index contributed by atoms with van der Waals surface area (Å²) in [6.45, 7) is 7.63. The lowest BCUT2D eigenvalue weighted by Crippen LogP contribution is -2.32. The van der Waals surface area contributed by atoms with E-state index in [0.717, 1.165) is 0 Å². The van der Waals surface area contributed by atoms with Crippen LogP contribution in [-0.4, -0.2) is 28.0 Å². The molecule has 5 nitrogen and oxygen atoms in total. The second-order valence-corrected chi connectivity index (χ2v) is 8.18. The van der Waals surface area contributed by atoms with Gasteiger partial charge in [0.15, 0.2) is 6.61 Å². The zero-order valence-corrected chi connectivity index (χ0v) is 13.3. The van der Waals surface area contributed by atoms with Gasteiger partial charge in [0, 0.05) is 0 Å². The summed E-state index contributed by atoms with van der Waals surface area (Å²) in [6, 6.07) is 0. The molecule has 0 bridgehead atoms. The molecule has 1 atom stereocenters. The number of rotatable bonds is 6. The number of alkyl halides is 2. The number of carbonyl (C=O) groups is 1. The Balaban J connectivity index is 4.77. The number of hydrogen-bond donors (Lipinski definition) is 2. The number of hydrogen-bond acceptors (Lipinski definition) is 3. The molecular formula is C12H23F2O5P. The number of carbonyl (C=O) groups excluding carboxylic acids is 1. The minimum absolute atomic E-state index is 0.120. The number of ether oxygens (including phenoxy) is 1. The van der Waals surface area contributed by atoms with Crippen LogP contribution in [0.3, 0.4) is 0 Å². The van der Waals surface area contributed by atoms with E-state index in [2.05, 4.69) is 4.74 Å². The van der Waals surface area contributed by atoms with Gasteiger partial charge in [-0.15, -0.1) is 0 Å². The van der Waals surface area contributed by atoms with Crippen molar-refractivity contribution >= 4 is 13.6 Å². The highest BCUT2D eigenvalue weighted by atomic mass is 31.2. The van der Waals surface area contributed by atoms with E-state index in [0.29, 0.717) is 6.42 Å². The molecule has 0 amide bonds. The van der Waals surface area contributed by atoms with Crippen LogP contribution in [0.5, 0.6) is 0 Å². The topological polar surface area (TPSA) is 83.8 Å². The van der Waals surface area contributed by atoms with Crippen LogP contribution >= 0.6 is 7.60 Å². The molecule has 1 unspecified atom stereocenters. The van der Waals surface area contributed by atoms with Gasteiger partial charge in [-0.25, -0.2) is 0 Å². The van der Waals surface area contributed by atoms with Crippen molar-refractivity contribution < 1.29 is 32.7 Å². The molecule has 2 N–H and O–H groups in total. The van der Waals surface area contributed by atoms with E-state index in [9.17, 15) is 18.1 Å². The van der Waals surface area contributed by atoms with Gasteiger partial charge < -0.3 is 14.5 Å². The summed E-state index contributed by atoms with van der Waals surface area (Å²) in [5.41, 5.74) is -4.55. The summed E-state index contributed by atoms with van der Waals surface area (Å²) in [7, 11) is -5.63. The summed E-state index contributed by atoms with van der Waals surface area (Å²) in [5.74, 6) is -1.57. The molecule has 0 saturated heterocycles. The molecule has 0 rings (SSSR count). The van der Waals surface area contributed by atoms with Crippen LogP contribution in [0.15, 0.2) is 0 Å². The smallest absolute Gasteiger partial charge is 0.398 e. The number of esters is 1. The van der Waals surface area contributed by atoms with Crippen LogP contribution < -0.4 is 0 Å². The highest BCUT2D eigenvalue weighted by Crippen LogP contribution is 2.52. The van der Waals surface area contributed by atoms with Gasteiger partial charge in [-0.05, 0) is 17.8 Å². The van der Waals surface area contributed by atoms with Crippen molar-refractivity contribution in [2.45, 2.75) is 46.7 Å². The van der Waals surface area contributed by atoms with Crippen LogP contribution in [0.25, 0.3) is 0 Å². The van der Waals surface area contributed by atoms with Gasteiger partial charge in [-0.3, -0.25) is 9.36 Å². The van der Waals surface area contributed by atoms with E-state index >= 15 is 0 Å². The zero-order valence-electron chi connectivity index (χ0n) is 12.4. The summed E-state index contributed by atoms with van der Waals surface area (Å²) >= 11 is 0. The van der Waals surface area contributed by atoms with Crippen molar-refractivity contribution in [3.8, 4) is 0 Å². The van der Waals surface area contributed by atoms with E-state index < -0.39 is 31.8 Å². The van der Waals surface area contributed by atoms with Crippen molar-refractivity contribution in [2.24, 2.45) is 17.3 Å². The molecule has 0 aromatic carbocycles. The van der Waals surface area contributed by atoms with E-state index in [1.165, 1.54) is 0 Å². The largest absolute Gasteiger partial charge is 0.458 e. The second-order valence-electron chi connectivity index (χ2n) is 6.43. The third-order valence-electron chi connectivity index (χ3n) is 2.75. The normalized spacial score (nSPS) is 15.3. The molecule has 0 heterocycles. The van der Waals surface area contributed by atoms with Crippen molar-refractivity contribution in [1.82, 2.24) is 0 Å². The van der Waals surface area contributed by atoms with Crippen LogP contribution in [0.4, 0.5) is 8.78 Å². The predicted molar refractivity (Wildman–Crippen MR) is 70.4 cm³/mol. The molecule has 0 saturated carbocycles. The molecule has 0 fully saturated rings. The van der Waals surface area contributed by atoms with E-state index in [4.69, 9.17) is 9.79 Å². The Morgan fingerprint density at radius 3 is 2.00 bits per heavy atom. The van der Waals surface area contributed by atoms with Crippen LogP contribution in [0, 0.1) is 17.3 Å². The molecule has 0 spiro atoms. The third kappa shape index (κ3) is 6.29. The maximum atomic E-state index is 13.1. The Morgan fingerprint density at radius 1 is 1.25 bits per heavy atom. The zero-order chi connectivity index (χ0) is 16.4. The number of halogens is 2. The van der Waals surface area contributed by atoms with Gasteiger partial charge in [0.05, 0.1) is 5.92 Å². The fourth-order valence-electron chi connectivity index (χ4n) is 1.60. The Kier molecular flexibility index (Phi) is 6.33. The standard InChI is InChI=1S/C12H23F2O5P/c1-8(2)9(6-11(3,4)5)10(15)19-7-12(13,14)20(16,17)18/h8-9H,6-7H2,1-5H3,(H2,16,17,18). The fraction of sp³-hybridized carbons (Fsp3) is 0.917. The van der Waals surface area contributed by atoms with Crippen molar-refractivity contribution in [1.29, 1.82) is 0 Å². The van der Waals surface area contributed by atoms with E-state index in [1.807, 2.05) is 20.8 Å². The third-order valence-corrected chi connectivity index (χ3v) is 3.74. The highest BCUT2D eigenvalue weighted by Gasteiger charge is 2.50. The first-order valence-corrected chi connectivity index (χ1v) is 7.89. The van der Waals surface area contributed by atoms with Crippen molar-refractivity contribution in [3.63, 3.8) is 0 Å². The minimum atomic E-state index is -5.63. The van der Waals surface area contributed by atoms with Crippen molar-refractivity contribution in [3.05, 3.63) is 0 Å². The molecule has 0 aliphatic heterocycles. The molecule has 0 aliphatic carbocycles. The van der Waals surface area contributed by atoms with Crippen LogP contribution in [-0.2, 0) is 14.1 Å². The molecular weight excluding hydrogens is 293 g/mol. The van der Waals surface area contributed by atoms with Gasteiger partial charge in [-0.2, -0.15) is 8.78 Å².